The summed E-state index contributed by atoms with van der Waals surface area (Å²) in [6.45, 7) is 2.18. The van der Waals surface area contributed by atoms with E-state index in [0.29, 0.717) is 0 Å². The van der Waals surface area contributed by atoms with Gasteiger partial charge < -0.3 is 10.6 Å². The lowest BCUT2D eigenvalue weighted by molar-refractivity contribution is 0.263. The third-order valence-electron chi connectivity index (χ3n) is 3.31. The van der Waals surface area contributed by atoms with Crippen molar-refractivity contribution in [2.75, 3.05) is 20.1 Å². The number of halogens is 3. The van der Waals surface area contributed by atoms with Crippen LogP contribution in [0.2, 0.25) is 0 Å². The van der Waals surface area contributed by atoms with Gasteiger partial charge >= 0.3 is 0 Å². The van der Waals surface area contributed by atoms with Gasteiger partial charge in [-0.3, -0.25) is 0 Å². The first-order valence-electron chi connectivity index (χ1n) is 5.42. The van der Waals surface area contributed by atoms with Crippen LogP contribution < -0.4 is 10.6 Å². The molecule has 0 atom stereocenters. The molecule has 0 unspecified atom stereocenters. The molecule has 0 spiro atoms. The van der Waals surface area contributed by atoms with Crippen LogP contribution in [-0.2, 0) is 5.54 Å². The standard InChI is InChI=1S/C12H17BrN2.2ClH/c1-14-12(5-7-15-8-6-12)10-3-2-4-11(13)9-10;;/h2-4,9,14-15H,5-8H2,1H3;2*1H. The molecule has 0 radical (unpaired) electrons. The lowest BCUT2D eigenvalue weighted by Crippen LogP contribution is -2.48. The molecule has 1 aromatic carbocycles. The predicted molar refractivity (Wildman–Crippen MR) is 81.5 cm³/mol. The molecule has 2 N–H and O–H groups in total. The molecule has 2 nitrogen and oxygen atoms in total. The Morgan fingerprint density at radius 2 is 1.88 bits per heavy atom. The summed E-state index contributed by atoms with van der Waals surface area (Å²) in [5.74, 6) is 0. The summed E-state index contributed by atoms with van der Waals surface area (Å²) in [4.78, 5) is 0. The lowest BCUT2D eigenvalue weighted by atomic mass is 9.82. The van der Waals surface area contributed by atoms with Crippen molar-refractivity contribution in [3.05, 3.63) is 34.3 Å². The van der Waals surface area contributed by atoms with Gasteiger partial charge in [0.15, 0.2) is 0 Å². The zero-order valence-corrected chi connectivity index (χ0v) is 13.1. The van der Waals surface area contributed by atoms with Crippen LogP contribution >= 0.6 is 40.7 Å². The fourth-order valence-electron chi connectivity index (χ4n) is 2.32. The topological polar surface area (TPSA) is 24.1 Å². The number of rotatable bonds is 2. The molecule has 0 aromatic heterocycles. The average molecular weight is 342 g/mol. The second-order valence-corrected chi connectivity index (χ2v) is 5.01. The molecule has 98 valence electrons. The molecule has 1 aromatic rings. The quantitative estimate of drug-likeness (QED) is 0.863. The Balaban J connectivity index is 0.00000128. The Kier molecular flexibility index (Phi) is 7.68. The molecule has 0 saturated carbocycles. The Labute approximate surface area is 124 Å². The smallest absolute Gasteiger partial charge is 0.0456 e. The molecule has 0 aliphatic carbocycles. The van der Waals surface area contributed by atoms with E-state index in [0.717, 1.165) is 30.4 Å². The first-order valence-corrected chi connectivity index (χ1v) is 6.22. The fraction of sp³-hybridized carbons (Fsp3) is 0.500. The maximum atomic E-state index is 3.54. The van der Waals surface area contributed by atoms with E-state index in [1.807, 2.05) is 0 Å². The maximum Gasteiger partial charge on any atom is 0.0456 e. The first kappa shape index (κ1) is 17.2. The molecule has 2 rings (SSSR count). The van der Waals surface area contributed by atoms with Crippen molar-refractivity contribution in [2.24, 2.45) is 0 Å². The molecule has 1 aliphatic heterocycles. The van der Waals surface area contributed by atoms with Crippen molar-refractivity contribution in [1.29, 1.82) is 0 Å². The van der Waals surface area contributed by atoms with Gasteiger partial charge in [-0.25, -0.2) is 0 Å². The lowest BCUT2D eigenvalue weighted by Gasteiger charge is -2.38. The monoisotopic (exact) mass is 340 g/mol. The second kappa shape index (κ2) is 7.59. The van der Waals surface area contributed by atoms with Crippen molar-refractivity contribution in [1.82, 2.24) is 10.6 Å². The van der Waals surface area contributed by atoms with Crippen molar-refractivity contribution < 1.29 is 0 Å². The van der Waals surface area contributed by atoms with E-state index < -0.39 is 0 Å². The normalized spacial score (nSPS) is 17.8. The molecule has 17 heavy (non-hydrogen) atoms. The summed E-state index contributed by atoms with van der Waals surface area (Å²) in [7, 11) is 2.06. The molecule has 0 bridgehead atoms. The highest BCUT2D eigenvalue weighted by Gasteiger charge is 2.31. The Morgan fingerprint density at radius 1 is 1.24 bits per heavy atom. The molecule has 0 amide bonds. The van der Waals surface area contributed by atoms with Gasteiger partial charge in [-0.05, 0) is 50.7 Å². The van der Waals surface area contributed by atoms with Crippen LogP contribution in [-0.4, -0.2) is 20.1 Å². The van der Waals surface area contributed by atoms with Crippen molar-refractivity contribution in [3.8, 4) is 0 Å². The van der Waals surface area contributed by atoms with Gasteiger partial charge in [0.05, 0.1) is 0 Å². The minimum Gasteiger partial charge on any atom is -0.317 e. The molecule has 5 heteroatoms. The van der Waals surface area contributed by atoms with Crippen molar-refractivity contribution in [2.45, 2.75) is 18.4 Å². The van der Waals surface area contributed by atoms with E-state index in [2.05, 4.69) is 57.9 Å². The van der Waals surface area contributed by atoms with E-state index in [1.54, 1.807) is 0 Å². The van der Waals surface area contributed by atoms with Crippen LogP contribution in [0.4, 0.5) is 0 Å². The first-order chi connectivity index (χ1) is 7.27. The average Bonchev–Trinajstić information content (AvgIpc) is 2.30. The highest BCUT2D eigenvalue weighted by atomic mass is 79.9. The number of piperidine rings is 1. The molecule has 1 saturated heterocycles. The molecule has 1 fully saturated rings. The number of hydrogen-bond donors (Lipinski definition) is 2. The Hall–Kier alpha value is 0.200. The van der Waals surface area contributed by atoms with Crippen LogP contribution in [0, 0.1) is 0 Å². The van der Waals surface area contributed by atoms with E-state index >= 15 is 0 Å². The Morgan fingerprint density at radius 3 is 2.41 bits per heavy atom. The highest BCUT2D eigenvalue weighted by Crippen LogP contribution is 2.31. The van der Waals surface area contributed by atoms with Gasteiger partial charge in [0.2, 0.25) is 0 Å². The summed E-state index contributed by atoms with van der Waals surface area (Å²) in [6, 6.07) is 8.63. The summed E-state index contributed by atoms with van der Waals surface area (Å²) < 4.78 is 1.16. The molecular weight excluding hydrogens is 323 g/mol. The summed E-state index contributed by atoms with van der Waals surface area (Å²) in [5.41, 5.74) is 1.55. The van der Waals surface area contributed by atoms with Gasteiger partial charge in [0, 0.05) is 10.0 Å². The zero-order valence-electron chi connectivity index (χ0n) is 9.83. The van der Waals surface area contributed by atoms with E-state index in [9.17, 15) is 0 Å². The number of hydrogen-bond acceptors (Lipinski definition) is 2. The van der Waals surface area contributed by atoms with E-state index in [1.165, 1.54) is 5.56 Å². The van der Waals surface area contributed by atoms with Crippen LogP contribution in [0.25, 0.3) is 0 Å². The van der Waals surface area contributed by atoms with Crippen LogP contribution in [0.3, 0.4) is 0 Å². The van der Waals surface area contributed by atoms with Crippen LogP contribution in [0.15, 0.2) is 28.7 Å². The molecule has 1 aliphatic rings. The minimum atomic E-state index is 0. The SMILES string of the molecule is CNC1(c2cccc(Br)c2)CCNCC1.Cl.Cl. The minimum absolute atomic E-state index is 0. The van der Waals surface area contributed by atoms with Gasteiger partial charge in [-0.15, -0.1) is 24.8 Å². The third kappa shape index (κ3) is 3.83. The fourth-order valence-corrected chi connectivity index (χ4v) is 2.72. The third-order valence-corrected chi connectivity index (χ3v) is 3.81. The van der Waals surface area contributed by atoms with Crippen molar-refractivity contribution in [3.63, 3.8) is 0 Å². The number of benzene rings is 1. The van der Waals surface area contributed by atoms with Gasteiger partial charge in [-0.1, -0.05) is 28.1 Å². The van der Waals surface area contributed by atoms with Gasteiger partial charge in [0.1, 0.15) is 0 Å². The second-order valence-electron chi connectivity index (χ2n) is 4.09. The van der Waals surface area contributed by atoms with Gasteiger partial charge in [-0.2, -0.15) is 0 Å². The molecular formula is C12H19BrCl2N2. The van der Waals surface area contributed by atoms with Crippen molar-refractivity contribution >= 4 is 40.7 Å². The Bertz CT molecular complexity index is 341. The summed E-state index contributed by atoms with van der Waals surface area (Å²) >= 11 is 3.54. The summed E-state index contributed by atoms with van der Waals surface area (Å²) in [6.07, 6.45) is 2.31. The maximum absolute atomic E-state index is 3.54. The predicted octanol–water partition coefficient (Wildman–Crippen LogP) is 3.09. The van der Waals surface area contributed by atoms with Crippen LogP contribution in [0.5, 0.6) is 0 Å². The highest BCUT2D eigenvalue weighted by molar-refractivity contribution is 9.10. The summed E-state index contributed by atoms with van der Waals surface area (Å²) in [5, 5.41) is 6.91. The van der Waals surface area contributed by atoms with Gasteiger partial charge in [0.25, 0.3) is 0 Å². The zero-order chi connectivity index (χ0) is 10.7. The van der Waals surface area contributed by atoms with Crippen LogP contribution in [0.1, 0.15) is 18.4 Å². The number of nitrogens with one attached hydrogen (secondary N) is 2. The largest absolute Gasteiger partial charge is 0.317 e. The molecule has 1 heterocycles. The van der Waals surface area contributed by atoms with E-state index in [4.69, 9.17) is 0 Å². The van der Waals surface area contributed by atoms with E-state index in [-0.39, 0.29) is 30.4 Å².